The third kappa shape index (κ3) is 4.09. The van der Waals surface area contributed by atoms with Crippen molar-refractivity contribution in [2.75, 3.05) is 11.9 Å². The summed E-state index contributed by atoms with van der Waals surface area (Å²) in [5, 5.41) is 14.0. The van der Waals surface area contributed by atoms with Gasteiger partial charge in [0.2, 0.25) is 0 Å². The SMILES string of the molecule is CCOC(=O)NC(=S)Nc1ccccc1C#N. The predicted molar refractivity (Wildman–Crippen MR) is 67.5 cm³/mol. The second-order valence-electron chi connectivity index (χ2n) is 2.96. The van der Waals surface area contributed by atoms with Gasteiger partial charge in [-0.15, -0.1) is 0 Å². The summed E-state index contributed by atoms with van der Waals surface area (Å²) in [6.45, 7) is 1.96. The molecule has 1 amide bonds. The second-order valence-corrected chi connectivity index (χ2v) is 3.37. The largest absolute Gasteiger partial charge is 0.450 e. The number of nitriles is 1. The standard InChI is InChI=1S/C11H11N3O2S/c1-2-16-11(15)14-10(17)13-9-6-4-3-5-8(9)7-12/h3-6H,2H2,1H3,(H2,13,14,15,17). The molecule has 0 aliphatic rings. The number of para-hydroxylation sites is 1. The summed E-state index contributed by atoms with van der Waals surface area (Å²) in [5.74, 6) is 0. The van der Waals surface area contributed by atoms with Crippen molar-refractivity contribution in [3.05, 3.63) is 29.8 Å². The summed E-state index contributed by atoms with van der Waals surface area (Å²) in [6.07, 6.45) is -0.626. The lowest BCUT2D eigenvalue weighted by Crippen LogP contribution is -2.34. The normalized spacial score (nSPS) is 8.94. The molecule has 0 spiro atoms. The van der Waals surface area contributed by atoms with Crippen molar-refractivity contribution >= 4 is 29.1 Å². The van der Waals surface area contributed by atoms with Crippen molar-refractivity contribution < 1.29 is 9.53 Å². The summed E-state index contributed by atoms with van der Waals surface area (Å²) in [5.41, 5.74) is 0.984. The third-order valence-corrected chi connectivity index (χ3v) is 1.99. The van der Waals surface area contributed by atoms with Gasteiger partial charge in [-0.3, -0.25) is 5.32 Å². The van der Waals surface area contributed by atoms with E-state index in [1.54, 1.807) is 31.2 Å². The molecule has 0 heterocycles. The molecule has 2 N–H and O–H groups in total. The number of nitrogens with zero attached hydrogens (tertiary/aromatic N) is 1. The molecule has 0 saturated carbocycles. The molecule has 0 atom stereocenters. The van der Waals surface area contributed by atoms with Crippen LogP contribution in [-0.2, 0) is 4.74 Å². The molecular formula is C11H11N3O2S. The topological polar surface area (TPSA) is 74.2 Å². The average Bonchev–Trinajstić information content (AvgIpc) is 2.29. The molecule has 5 nitrogen and oxygen atoms in total. The van der Waals surface area contributed by atoms with Crippen LogP contribution in [0.3, 0.4) is 0 Å². The number of carbonyl (C=O) groups is 1. The first-order valence-electron chi connectivity index (χ1n) is 4.91. The Hall–Kier alpha value is -2.13. The highest BCUT2D eigenvalue weighted by molar-refractivity contribution is 7.80. The van der Waals surface area contributed by atoms with Crippen molar-refractivity contribution in [2.45, 2.75) is 6.92 Å². The molecular weight excluding hydrogens is 238 g/mol. The van der Waals surface area contributed by atoms with E-state index in [0.29, 0.717) is 11.3 Å². The zero-order chi connectivity index (χ0) is 12.7. The molecule has 0 aromatic heterocycles. The third-order valence-electron chi connectivity index (χ3n) is 1.79. The molecule has 1 rings (SSSR count). The average molecular weight is 249 g/mol. The van der Waals surface area contributed by atoms with Crippen molar-refractivity contribution in [1.29, 1.82) is 5.26 Å². The van der Waals surface area contributed by atoms with E-state index in [4.69, 9.17) is 17.5 Å². The van der Waals surface area contributed by atoms with E-state index in [1.807, 2.05) is 6.07 Å². The fourth-order valence-corrected chi connectivity index (χ4v) is 1.30. The van der Waals surface area contributed by atoms with Crippen molar-refractivity contribution in [3.8, 4) is 6.07 Å². The highest BCUT2D eigenvalue weighted by atomic mass is 32.1. The van der Waals surface area contributed by atoms with E-state index in [-0.39, 0.29) is 11.7 Å². The van der Waals surface area contributed by atoms with Crippen molar-refractivity contribution in [3.63, 3.8) is 0 Å². The molecule has 0 saturated heterocycles. The van der Waals surface area contributed by atoms with Gasteiger partial charge in [0.1, 0.15) is 6.07 Å². The number of anilines is 1. The predicted octanol–water partition coefficient (Wildman–Crippen LogP) is 2.00. The first kappa shape index (κ1) is 12.9. The van der Waals surface area contributed by atoms with Crippen LogP contribution in [0.2, 0.25) is 0 Å². The van der Waals surface area contributed by atoms with E-state index in [0.717, 1.165) is 0 Å². The van der Waals surface area contributed by atoms with Crippen LogP contribution in [0.5, 0.6) is 0 Å². The summed E-state index contributed by atoms with van der Waals surface area (Å²) < 4.78 is 4.66. The van der Waals surface area contributed by atoms with Gasteiger partial charge in [0.15, 0.2) is 5.11 Å². The number of hydrogen-bond acceptors (Lipinski definition) is 4. The summed E-state index contributed by atoms with van der Waals surface area (Å²) in [7, 11) is 0. The minimum Gasteiger partial charge on any atom is -0.450 e. The van der Waals surface area contributed by atoms with Crippen LogP contribution in [0.15, 0.2) is 24.3 Å². The highest BCUT2D eigenvalue weighted by Crippen LogP contribution is 2.12. The number of amides is 1. The maximum atomic E-state index is 11.1. The van der Waals surface area contributed by atoms with Gasteiger partial charge in [-0.1, -0.05) is 12.1 Å². The van der Waals surface area contributed by atoms with Gasteiger partial charge in [0.25, 0.3) is 0 Å². The Balaban J connectivity index is 2.63. The zero-order valence-corrected chi connectivity index (χ0v) is 10.0. The quantitative estimate of drug-likeness (QED) is 0.784. The molecule has 0 radical (unpaired) electrons. The number of thiocarbonyl (C=S) groups is 1. The van der Waals surface area contributed by atoms with Gasteiger partial charge < -0.3 is 10.1 Å². The fraction of sp³-hybridized carbons (Fsp3) is 0.182. The number of rotatable bonds is 2. The maximum absolute atomic E-state index is 11.1. The Morgan fingerprint density at radius 1 is 1.53 bits per heavy atom. The number of carbonyl (C=O) groups excluding carboxylic acids is 1. The molecule has 0 aliphatic carbocycles. The van der Waals surface area contributed by atoms with E-state index >= 15 is 0 Å². The minimum absolute atomic E-state index is 0.0890. The molecule has 1 aromatic carbocycles. The van der Waals surface area contributed by atoms with E-state index in [1.165, 1.54) is 0 Å². The van der Waals surface area contributed by atoms with Gasteiger partial charge in [-0.05, 0) is 31.3 Å². The van der Waals surface area contributed by atoms with Crippen molar-refractivity contribution in [2.24, 2.45) is 0 Å². The van der Waals surface area contributed by atoms with Crippen LogP contribution in [0, 0.1) is 11.3 Å². The van der Waals surface area contributed by atoms with Gasteiger partial charge in [0, 0.05) is 0 Å². The van der Waals surface area contributed by atoms with Crippen LogP contribution in [0.1, 0.15) is 12.5 Å². The molecule has 6 heteroatoms. The Bertz CT molecular complexity index is 468. The smallest absolute Gasteiger partial charge is 0.413 e. The number of ether oxygens (including phenoxy) is 1. The lowest BCUT2D eigenvalue weighted by Gasteiger charge is -2.10. The fourth-order valence-electron chi connectivity index (χ4n) is 1.10. The molecule has 0 unspecified atom stereocenters. The molecule has 0 fully saturated rings. The van der Waals surface area contributed by atoms with Crippen LogP contribution >= 0.6 is 12.2 Å². The molecule has 17 heavy (non-hydrogen) atoms. The Kier molecular flexibility index (Phi) is 4.91. The number of alkyl carbamates (subject to hydrolysis) is 1. The minimum atomic E-state index is -0.626. The van der Waals surface area contributed by atoms with Crippen LogP contribution in [0.4, 0.5) is 10.5 Å². The second kappa shape index (κ2) is 6.45. The first-order chi connectivity index (χ1) is 8.17. The Labute approximate surface area is 104 Å². The van der Waals surface area contributed by atoms with E-state index in [2.05, 4.69) is 15.4 Å². The van der Waals surface area contributed by atoms with Gasteiger partial charge >= 0.3 is 6.09 Å². The van der Waals surface area contributed by atoms with E-state index < -0.39 is 6.09 Å². The van der Waals surface area contributed by atoms with E-state index in [9.17, 15) is 4.79 Å². The Morgan fingerprint density at radius 2 is 2.24 bits per heavy atom. The Morgan fingerprint density at radius 3 is 2.88 bits per heavy atom. The number of hydrogen-bond donors (Lipinski definition) is 2. The zero-order valence-electron chi connectivity index (χ0n) is 9.19. The summed E-state index contributed by atoms with van der Waals surface area (Å²) in [4.78, 5) is 11.1. The van der Waals surface area contributed by atoms with Gasteiger partial charge in [-0.2, -0.15) is 5.26 Å². The van der Waals surface area contributed by atoms with Crippen LogP contribution in [0.25, 0.3) is 0 Å². The summed E-state index contributed by atoms with van der Waals surface area (Å²) >= 11 is 4.90. The maximum Gasteiger partial charge on any atom is 0.413 e. The number of nitrogens with one attached hydrogen (secondary N) is 2. The molecule has 1 aromatic rings. The van der Waals surface area contributed by atoms with Gasteiger partial charge in [-0.25, -0.2) is 4.79 Å². The lowest BCUT2D eigenvalue weighted by atomic mass is 10.2. The molecule has 0 aliphatic heterocycles. The molecule has 0 bridgehead atoms. The first-order valence-corrected chi connectivity index (χ1v) is 5.32. The lowest BCUT2D eigenvalue weighted by molar-refractivity contribution is 0.158. The molecule has 88 valence electrons. The monoisotopic (exact) mass is 249 g/mol. The number of benzene rings is 1. The van der Waals surface area contributed by atoms with Crippen LogP contribution in [-0.4, -0.2) is 17.8 Å². The summed E-state index contributed by atoms with van der Waals surface area (Å²) in [6, 6.07) is 8.86. The highest BCUT2D eigenvalue weighted by Gasteiger charge is 2.06. The van der Waals surface area contributed by atoms with Gasteiger partial charge in [0.05, 0.1) is 17.9 Å². The van der Waals surface area contributed by atoms with Crippen molar-refractivity contribution in [1.82, 2.24) is 5.32 Å². The van der Waals surface area contributed by atoms with Crippen LogP contribution < -0.4 is 10.6 Å².